The number of hydrogen-bond acceptors (Lipinski definition) is 5. The number of unbranched alkanes of at least 4 members (excludes halogenated alkanes) is 1. The summed E-state index contributed by atoms with van der Waals surface area (Å²) in [6.07, 6.45) is 3.91. The van der Waals surface area contributed by atoms with E-state index in [1.165, 1.54) is 0 Å². The smallest absolute Gasteiger partial charge is 0.244 e. The zero-order chi connectivity index (χ0) is 15.9. The first kappa shape index (κ1) is 18.5. The van der Waals surface area contributed by atoms with Gasteiger partial charge in [-0.3, -0.25) is 0 Å². The van der Waals surface area contributed by atoms with Crippen LogP contribution in [0.2, 0.25) is 0 Å². The second-order valence-corrected chi connectivity index (χ2v) is 7.59. The molecule has 1 rings (SSSR count). The monoisotopic (exact) mass is 334 g/mol. The molecular formula is C14H26N2O3S2. The highest BCUT2D eigenvalue weighted by Gasteiger charge is 2.26. The maximum absolute atomic E-state index is 12.5. The van der Waals surface area contributed by atoms with Crippen molar-refractivity contribution < 1.29 is 12.8 Å². The average Bonchev–Trinajstić information content (AvgIpc) is 2.71. The molecular weight excluding hydrogens is 308 g/mol. The van der Waals surface area contributed by atoms with Gasteiger partial charge in [0.1, 0.15) is 16.4 Å². The lowest BCUT2D eigenvalue weighted by Gasteiger charge is -2.09. The zero-order valence-electron chi connectivity index (χ0n) is 13.3. The van der Waals surface area contributed by atoms with Crippen molar-refractivity contribution in [3.05, 3.63) is 17.1 Å². The first-order valence-electron chi connectivity index (χ1n) is 7.22. The minimum absolute atomic E-state index is 0.297. The van der Waals surface area contributed by atoms with Gasteiger partial charge in [0.15, 0.2) is 0 Å². The van der Waals surface area contributed by atoms with Gasteiger partial charge in [0.05, 0.1) is 0 Å². The third-order valence-electron chi connectivity index (χ3n) is 3.21. The van der Waals surface area contributed by atoms with Crippen molar-refractivity contribution in [2.45, 2.75) is 45.1 Å². The normalized spacial score (nSPS) is 12.0. The van der Waals surface area contributed by atoms with Gasteiger partial charge in [0.2, 0.25) is 10.0 Å². The predicted molar refractivity (Wildman–Crippen MR) is 88.4 cm³/mol. The van der Waals surface area contributed by atoms with Crippen molar-refractivity contribution in [1.82, 2.24) is 10.0 Å². The minimum Gasteiger partial charge on any atom is -0.465 e. The molecule has 1 heterocycles. The Labute approximate surface area is 132 Å². The molecule has 0 unspecified atom stereocenters. The van der Waals surface area contributed by atoms with Crippen LogP contribution in [0.4, 0.5) is 0 Å². The van der Waals surface area contributed by atoms with Crippen LogP contribution in [0.15, 0.2) is 9.31 Å². The summed E-state index contributed by atoms with van der Waals surface area (Å²) in [4.78, 5) is 0.297. The van der Waals surface area contributed by atoms with E-state index in [0.29, 0.717) is 29.5 Å². The Hall–Kier alpha value is -0.500. The van der Waals surface area contributed by atoms with E-state index >= 15 is 0 Å². The molecule has 0 saturated carbocycles. The predicted octanol–water partition coefficient (Wildman–Crippen LogP) is 2.43. The van der Waals surface area contributed by atoms with Gasteiger partial charge >= 0.3 is 0 Å². The van der Waals surface area contributed by atoms with E-state index in [-0.39, 0.29) is 0 Å². The van der Waals surface area contributed by atoms with Crippen LogP contribution in [0.5, 0.6) is 0 Å². The first-order valence-corrected chi connectivity index (χ1v) is 10.1. The van der Waals surface area contributed by atoms with E-state index in [1.807, 2.05) is 6.92 Å². The van der Waals surface area contributed by atoms with Crippen molar-refractivity contribution in [2.24, 2.45) is 0 Å². The van der Waals surface area contributed by atoms with Gasteiger partial charge in [0.25, 0.3) is 0 Å². The van der Waals surface area contributed by atoms with Crippen molar-refractivity contribution in [2.75, 3.05) is 25.1 Å². The summed E-state index contributed by atoms with van der Waals surface area (Å²) in [5, 5.41) is 3.16. The highest BCUT2D eigenvalue weighted by Crippen LogP contribution is 2.26. The number of furan rings is 1. The van der Waals surface area contributed by atoms with E-state index in [2.05, 4.69) is 16.3 Å². The molecule has 0 saturated heterocycles. The lowest BCUT2D eigenvalue weighted by molar-refractivity contribution is 0.493. The Balaban J connectivity index is 2.82. The molecule has 0 aliphatic carbocycles. The number of thioether (sulfide) groups is 1. The average molecular weight is 335 g/mol. The van der Waals surface area contributed by atoms with Crippen molar-refractivity contribution in [1.29, 1.82) is 0 Å². The number of nitrogens with one attached hydrogen (secondary N) is 2. The van der Waals surface area contributed by atoms with Crippen molar-refractivity contribution in [3.63, 3.8) is 0 Å². The quantitative estimate of drug-likeness (QED) is 0.643. The maximum atomic E-state index is 12.5. The summed E-state index contributed by atoms with van der Waals surface area (Å²) < 4.78 is 33.1. The molecule has 0 aromatic carbocycles. The van der Waals surface area contributed by atoms with Crippen LogP contribution in [-0.4, -0.2) is 33.5 Å². The maximum Gasteiger partial charge on any atom is 0.244 e. The van der Waals surface area contributed by atoms with Gasteiger partial charge in [0, 0.05) is 18.7 Å². The molecule has 5 nitrogen and oxygen atoms in total. The largest absolute Gasteiger partial charge is 0.465 e. The van der Waals surface area contributed by atoms with E-state index in [4.69, 9.17) is 4.42 Å². The molecule has 7 heteroatoms. The van der Waals surface area contributed by atoms with Crippen LogP contribution in [0.25, 0.3) is 0 Å². The van der Waals surface area contributed by atoms with Crippen LogP contribution < -0.4 is 10.0 Å². The molecule has 0 spiro atoms. The Morgan fingerprint density at radius 2 is 1.90 bits per heavy atom. The molecule has 1 aromatic heterocycles. The molecule has 0 aliphatic rings. The molecule has 0 radical (unpaired) electrons. The highest BCUT2D eigenvalue weighted by molar-refractivity contribution is 7.98. The standard InChI is InChI=1S/C14H26N2O3S2/c1-5-15-10-13-11(2)19-12(3)14(13)21(17,18)16-8-6-7-9-20-4/h15-16H,5-10H2,1-4H3. The summed E-state index contributed by atoms with van der Waals surface area (Å²) in [5.74, 6) is 2.17. The Bertz CT molecular complexity index is 539. The Morgan fingerprint density at radius 3 is 2.52 bits per heavy atom. The van der Waals surface area contributed by atoms with E-state index in [0.717, 1.165) is 30.7 Å². The molecule has 0 aliphatic heterocycles. The number of aryl methyl sites for hydroxylation is 2. The lowest BCUT2D eigenvalue weighted by atomic mass is 10.2. The zero-order valence-corrected chi connectivity index (χ0v) is 14.9. The number of rotatable bonds is 10. The van der Waals surface area contributed by atoms with E-state index in [9.17, 15) is 8.42 Å². The topological polar surface area (TPSA) is 71.3 Å². The number of sulfonamides is 1. The third-order valence-corrected chi connectivity index (χ3v) is 5.57. The minimum atomic E-state index is -3.51. The highest BCUT2D eigenvalue weighted by atomic mass is 32.2. The van der Waals surface area contributed by atoms with Gasteiger partial charge in [-0.2, -0.15) is 11.8 Å². The van der Waals surface area contributed by atoms with Crippen LogP contribution in [-0.2, 0) is 16.6 Å². The van der Waals surface area contributed by atoms with Crippen LogP contribution in [0.1, 0.15) is 36.8 Å². The second-order valence-electron chi connectivity index (χ2n) is 4.90. The van der Waals surface area contributed by atoms with Crippen LogP contribution in [0.3, 0.4) is 0 Å². The number of hydrogen-bond donors (Lipinski definition) is 2. The lowest BCUT2D eigenvalue weighted by Crippen LogP contribution is -2.27. The van der Waals surface area contributed by atoms with Crippen molar-refractivity contribution >= 4 is 21.8 Å². The van der Waals surface area contributed by atoms with Crippen molar-refractivity contribution in [3.8, 4) is 0 Å². The molecule has 0 fully saturated rings. The fourth-order valence-corrected chi connectivity index (χ4v) is 4.18. The SMILES string of the molecule is CCNCc1c(C)oc(C)c1S(=O)(=O)NCCCCSC. The molecule has 0 amide bonds. The third kappa shape index (κ3) is 5.32. The molecule has 0 bridgehead atoms. The molecule has 0 atom stereocenters. The first-order chi connectivity index (χ1) is 9.94. The summed E-state index contributed by atoms with van der Waals surface area (Å²) >= 11 is 1.77. The Morgan fingerprint density at radius 1 is 1.19 bits per heavy atom. The van der Waals surface area contributed by atoms with E-state index < -0.39 is 10.0 Å². The summed E-state index contributed by atoms with van der Waals surface area (Å²) in [5.41, 5.74) is 0.728. The molecule has 2 N–H and O–H groups in total. The summed E-state index contributed by atoms with van der Waals surface area (Å²) in [6, 6.07) is 0. The van der Waals surface area contributed by atoms with Gasteiger partial charge in [-0.15, -0.1) is 0 Å². The molecule has 122 valence electrons. The molecule has 1 aromatic rings. The second kappa shape index (κ2) is 8.82. The Kier molecular flexibility index (Phi) is 7.79. The van der Waals surface area contributed by atoms with Gasteiger partial charge in [-0.05, 0) is 45.2 Å². The fourth-order valence-electron chi connectivity index (χ4n) is 2.17. The van der Waals surface area contributed by atoms with Gasteiger partial charge in [-0.1, -0.05) is 6.92 Å². The van der Waals surface area contributed by atoms with Crippen LogP contribution in [0, 0.1) is 13.8 Å². The fraction of sp³-hybridized carbons (Fsp3) is 0.714. The van der Waals surface area contributed by atoms with Crippen LogP contribution >= 0.6 is 11.8 Å². The summed E-state index contributed by atoms with van der Waals surface area (Å²) in [6.45, 7) is 7.24. The summed E-state index contributed by atoms with van der Waals surface area (Å²) in [7, 11) is -3.51. The van der Waals surface area contributed by atoms with Gasteiger partial charge in [-0.25, -0.2) is 13.1 Å². The van der Waals surface area contributed by atoms with E-state index in [1.54, 1.807) is 25.6 Å². The molecule has 21 heavy (non-hydrogen) atoms. The van der Waals surface area contributed by atoms with Gasteiger partial charge < -0.3 is 9.73 Å².